The lowest BCUT2D eigenvalue weighted by molar-refractivity contribution is -0.149. The Kier molecular flexibility index (Phi) is 10.5. The zero-order valence-corrected chi connectivity index (χ0v) is 25.5. The summed E-state index contributed by atoms with van der Waals surface area (Å²) < 4.78 is 5.18. The Labute approximate surface area is 253 Å². The van der Waals surface area contributed by atoms with Crippen molar-refractivity contribution >= 4 is 29.5 Å². The molecule has 1 atom stereocenters. The smallest absolute Gasteiger partial charge is 0.310 e. The molecule has 2 aromatic carbocycles. The van der Waals surface area contributed by atoms with E-state index in [0.29, 0.717) is 25.3 Å². The monoisotopic (exact) mass is 587 g/mol. The van der Waals surface area contributed by atoms with E-state index in [1.807, 2.05) is 31.2 Å². The molecular weight excluding hydrogens is 546 g/mol. The highest BCUT2D eigenvalue weighted by molar-refractivity contribution is 7.98. The van der Waals surface area contributed by atoms with Gasteiger partial charge in [-0.15, -0.1) is 0 Å². The number of piperazine rings is 1. The number of amides is 1. The molecule has 2 saturated heterocycles. The third kappa shape index (κ3) is 7.89. The number of esters is 1. The number of likely N-dealkylation sites (tertiary alicyclic amines) is 1. The first-order valence-electron chi connectivity index (χ1n) is 15.1. The standard InChI is InChI=1S/C33H41N5O3S/c1-3-29-21-30(37-19-17-36(18-20-37)22-25-9-6-5-7-10-25)35-33(34-29)42-24-26-12-14-27(15-13-26)31(39)38-16-8-11-28(23-38)32(40)41-4-2/h5-7,9-10,12-15,21,28H,3-4,8,11,16-20,22-24H2,1-2H3. The Morgan fingerprint density at radius 2 is 1.69 bits per heavy atom. The van der Waals surface area contributed by atoms with Crippen LogP contribution in [0.4, 0.5) is 5.82 Å². The van der Waals surface area contributed by atoms with Crippen LogP contribution in [0.25, 0.3) is 0 Å². The average molecular weight is 588 g/mol. The van der Waals surface area contributed by atoms with E-state index in [-0.39, 0.29) is 17.8 Å². The van der Waals surface area contributed by atoms with Gasteiger partial charge < -0.3 is 14.5 Å². The molecule has 0 bridgehead atoms. The number of hydrogen-bond donors (Lipinski definition) is 0. The van der Waals surface area contributed by atoms with Crippen molar-refractivity contribution in [3.63, 3.8) is 0 Å². The van der Waals surface area contributed by atoms with Gasteiger partial charge >= 0.3 is 5.97 Å². The largest absolute Gasteiger partial charge is 0.466 e. The Morgan fingerprint density at radius 3 is 2.40 bits per heavy atom. The van der Waals surface area contributed by atoms with Crippen LogP contribution in [0.5, 0.6) is 0 Å². The second kappa shape index (κ2) is 14.6. The van der Waals surface area contributed by atoms with E-state index in [4.69, 9.17) is 14.7 Å². The minimum absolute atomic E-state index is 0.0318. The van der Waals surface area contributed by atoms with E-state index in [1.54, 1.807) is 16.7 Å². The predicted molar refractivity (Wildman–Crippen MR) is 167 cm³/mol. The topological polar surface area (TPSA) is 78.9 Å². The van der Waals surface area contributed by atoms with Gasteiger partial charge in [-0.05, 0) is 49.4 Å². The molecule has 2 fully saturated rings. The zero-order chi connectivity index (χ0) is 29.3. The molecule has 0 radical (unpaired) electrons. The molecular formula is C33H41N5O3S. The Hall–Kier alpha value is -3.43. The van der Waals surface area contributed by atoms with Gasteiger partial charge in [0.15, 0.2) is 5.16 Å². The first-order valence-corrected chi connectivity index (χ1v) is 16.1. The van der Waals surface area contributed by atoms with Crippen LogP contribution in [0.15, 0.2) is 65.8 Å². The van der Waals surface area contributed by atoms with Gasteiger partial charge in [0.2, 0.25) is 0 Å². The highest BCUT2D eigenvalue weighted by atomic mass is 32.2. The van der Waals surface area contributed by atoms with E-state index in [9.17, 15) is 9.59 Å². The Bertz CT molecular complexity index is 1330. The number of aryl methyl sites for hydroxylation is 1. The molecule has 2 aliphatic rings. The molecule has 1 aromatic heterocycles. The summed E-state index contributed by atoms with van der Waals surface area (Å²) in [5, 5.41) is 0.787. The number of benzene rings is 2. The molecule has 8 nitrogen and oxygen atoms in total. The van der Waals surface area contributed by atoms with Crippen molar-refractivity contribution in [3.05, 3.63) is 83.0 Å². The van der Waals surface area contributed by atoms with Crippen LogP contribution < -0.4 is 4.90 Å². The number of thioether (sulfide) groups is 1. The summed E-state index contributed by atoms with van der Waals surface area (Å²) >= 11 is 1.63. The highest BCUT2D eigenvalue weighted by Gasteiger charge is 2.29. The zero-order valence-electron chi connectivity index (χ0n) is 24.7. The molecule has 2 aliphatic heterocycles. The second-order valence-electron chi connectivity index (χ2n) is 10.9. The van der Waals surface area contributed by atoms with Gasteiger partial charge in [0.25, 0.3) is 5.91 Å². The molecule has 42 heavy (non-hydrogen) atoms. The molecule has 3 heterocycles. The normalized spacial score (nSPS) is 17.7. The van der Waals surface area contributed by atoms with E-state index in [1.165, 1.54) is 5.56 Å². The van der Waals surface area contributed by atoms with E-state index < -0.39 is 0 Å². The van der Waals surface area contributed by atoms with Crippen molar-refractivity contribution in [2.75, 3.05) is 50.8 Å². The van der Waals surface area contributed by atoms with Gasteiger partial charge in [-0.1, -0.05) is 61.2 Å². The number of anilines is 1. The lowest BCUT2D eigenvalue weighted by atomic mass is 9.97. The number of rotatable bonds is 10. The van der Waals surface area contributed by atoms with Crippen LogP contribution in [-0.4, -0.2) is 77.5 Å². The summed E-state index contributed by atoms with van der Waals surface area (Å²) in [6.07, 6.45) is 2.44. The fourth-order valence-electron chi connectivity index (χ4n) is 5.53. The molecule has 0 aliphatic carbocycles. The maximum Gasteiger partial charge on any atom is 0.310 e. The van der Waals surface area contributed by atoms with Gasteiger partial charge in [0.1, 0.15) is 5.82 Å². The predicted octanol–water partition coefficient (Wildman–Crippen LogP) is 5.07. The van der Waals surface area contributed by atoms with Crippen molar-refractivity contribution in [2.24, 2.45) is 5.92 Å². The lowest BCUT2D eigenvalue weighted by Gasteiger charge is -2.35. The van der Waals surface area contributed by atoms with Crippen molar-refractivity contribution in [2.45, 2.75) is 50.6 Å². The quantitative estimate of drug-likeness (QED) is 0.185. The van der Waals surface area contributed by atoms with Gasteiger partial charge in [0.05, 0.1) is 12.5 Å². The van der Waals surface area contributed by atoms with Crippen molar-refractivity contribution in [1.29, 1.82) is 0 Å². The summed E-state index contributed by atoms with van der Waals surface area (Å²) in [6.45, 7) is 10.3. The average Bonchev–Trinajstić information content (AvgIpc) is 3.04. The summed E-state index contributed by atoms with van der Waals surface area (Å²) in [4.78, 5) is 41.7. The number of ether oxygens (including phenoxy) is 1. The Morgan fingerprint density at radius 1 is 0.929 bits per heavy atom. The van der Waals surface area contributed by atoms with Crippen LogP contribution in [0.3, 0.4) is 0 Å². The van der Waals surface area contributed by atoms with Crippen LogP contribution in [0.2, 0.25) is 0 Å². The van der Waals surface area contributed by atoms with E-state index in [0.717, 1.165) is 80.0 Å². The number of carbonyl (C=O) groups excluding carboxylic acids is 2. The molecule has 0 saturated carbocycles. The summed E-state index contributed by atoms with van der Waals surface area (Å²) in [6, 6.07) is 20.6. The van der Waals surface area contributed by atoms with Crippen molar-refractivity contribution in [3.8, 4) is 0 Å². The SMILES string of the molecule is CCOC(=O)C1CCCN(C(=O)c2ccc(CSc3nc(CC)cc(N4CCN(Cc5ccccc5)CC4)n3)cc2)C1. The Balaban J connectivity index is 1.15. The molecule has 1 unspecified atom stereocenters. The maximum absolute atomic E-state index is 13.1. The molecule has 3 aromatic rings. The molecule has 9 heteroatoms. The van der Waals surface area contributed by atoms with Crippen LogP contribution in [-0.2, 0) is 28.2 Å². The lowest BCUT2D eigenvalue weighted by Crippen LogP contribution is -2.46. The summed E-state index contributed by atoms with van der Waals surface area (Å²) in [5.74, 6) is 1.26. The number of carbonyl (C=O) groups is 2. The maximum atomic E-state index is 13.1. The third-order valence-corrected chi connectivity index (χ3v) is 8.87. The van der Waals surface area contributed by atoms with E-state index >= 15 is 0 Å². The highest BCUT2D eigenvalue weighted by Crippen LogP contribution is 2.25. The summed E-state index contributed by atoms with van der Waals surface area (Å²) in [7, 11) is 0. The first-order chi connectivity index (χ1) is 20.5. The molecule has 0 spiro atoms. The fourth-order valence-corrected chi connectivity index (χ4v) is 6.36. The van der Waals surface area contributed by atoms with Crippen LogP contribution in [0.1, 0.15) is 53.9 Å². The molecule has 222 valence electrons. The minimum Gasteiger partial charge on any atom is -0.466 e. The number of piperidine rings is 1. The van der Waals surface area contributed by atoms with Crippen LogP contribution in [0, 0.1) is 5.92 Å². The second-order valence-corrected chi connectivity index (χ2v) is 11.9. The first kappa shape index (κ1) is 30.0. The number of hydrogen-bond acceptors (Lipinski definition) is 8. The van der Waals surface area contributed by atoms with Gasteiger partial charge in [0, 0.05) is 68.9 Å². The molecule has 0 N–H and O–H groups in total. The molecule has 1 amide bonds. The van der Waals surface area contributed by atoms with Crippen LogP contribution >= 0.6 is 11.8 Å². The number of nitrogens with zero attached hydrogens (tertiary/aromatic N) is 5. The van der Waals surface area contributed by atoms with Crippen molar-refractivity contribution < 1.29 is 14.3 Å². The summed E-state index contributed by atoms with van der Waals surface area (Å²) in [5.41, 5.74) is 4.16. The third-order valence-electron chi connectivity index (χ3n) is 7.95. The molecule has 5 rings (SSSR count). The minimum atomic E-state index is -0.236. The van der Waals surface area contributed by atoms with Gasteiger partial charge in [-0.2, -0.15) is 0 Å². The fraction of sp³-hybridized carbons (Fsp3) is 0.455. The van der Waals surface area contributed by atoms with Gasteiger partial charge in [-0.3, -0.25) is 14.5 Å². The van der Waals surface area contributed by atoms with E-state index in [2.05, 4.69) is 53.1 Å². The number of aromatic nitrogens is 2. The van der Waals surface area contributed by atoms with Gasteiger partial charge in [-0.25, -0.2) is 9.97 Å². The van der Waals surface area contributed by atoms with Crippen molar-refractivity contribution in [1.82, 2.24) is 19.8 Å².